The van der Waals surface area contributed by atoms with Crippen LogP contribution in [0, 0.1) is 0 Å². The molecule has 0 radical (unpaired) electrons. The first kappa shape index (κ1) is 32.3. The molecule has 5 heteroatoms. The van der Waals surface area contributed by atoms with E-state index in [2.05, 4.69) is 20.8 Å². The first-order valence-electron chi connectivity index (χ1n) is 14.4. The molecule has 1 aromatic carbocycles. The number of ether oxygens (including phenoxy) is 4. The fourth-order valence-electron chi connectivity index (χ4n) is 3.73. The van der Waals surface area contributed by atoms with E-state index in [0.717, 1.165) is 38.5 Å². The molecule has 5 nitrogen and oxygen atoms in total. The third kappa shape index (κ3) is 15.2. The van der Waals surface area contributed by atoms with Gasteiger partial charge in [-0.3, -0.25) is 0 Å². The van der Waals surface area contributed by atoms with Gasteiger partial charge in [0, 0.05) is 0 Å². The van der Waals surface area contributed by atoms with Crippen molar-refractivity contribution in [1.29, 1.82) is 0 Å². The molecule has 0 heterocycles. The molecule has 0 saturated carbocycles. The topological polar surface area (TPSA) is 54.0 Å². The van der Waals surface area contributed by atoms with Crippen LogP contribution < -0.4 is 14.2 Å². The normalized spacial score (nSPS) is 11.6. The fourth-order valence-corrected chi connectivity index (χ4v) is 3.73. The van der Waals surface area contributed by atoms with E-state index >= 15 is 0 Å². The molecule has 0 bridgehead atoms. The number of hydrogen-bond acceptors (Lipinski definition) is 5. The second kappa shape index (κ2) is 22.5. The summed E-state index contributed by atoms with van der Waals surface area (Å²) < 4.78 is 22.9. The highest BCUT2D eigenvalue weighted by molar-refractivity contribution is 5.91. The summed E-state index contributed by atoms with van der Waals surface area (Å²) in [6.07, 6.45) is 28.2. The Hall–Kier alpha value is -2.69. The number of methoxy groups -OCH3 is 1. The zero-order valence-electron chi connectivity index (χ0n) is 23.8. The van der Waals surface area contributed by atoms with E-state index in [0.29, 0.717) is 22.8 Å². The molecular formula is C32H50O5. The smallest absolute Gasteiger partial charge is 0.338 e. The van der Waals surface area contributed by atoms with E-state index in [4.69, 9.17) is 18.9 Å². The lowest BCUT2D eigenvalue weighted by Crippen LogP contribution is -2.03. The van der Waals surface area contributed by atoms with Crippen LogP contribution in [0.15, 0.2) is 49.1 Å². The molecule has 0 spiro atoms. The number of carbonyl (C=O) groups excluding carboxylic acids is 1. The molecule has 0 aliphatic heterocycles. The molecule has 0 aliphatic carbocycles. The summed E-state index contributed by atoms with van der Waals surface area (Å²) in [5.41, 5.74) is 0.344. The molecule has 0 amide bonds. The molecule has 1 aromatic rings. The van der Waals surface area contributed by atoms with Crippen molar-refractivity contribution < 1.29 is 23.7 Å². The van der Waals surface area contributed by atoms with Gasteiger partial charge in [0.2, 0.25) is 5.75 Å². The Balaban J connectivity index is 3.04. The van der Waals surface area contributed by atoms with Gasteiger partial charge in [-0.15, -0.1) is 0 Å². The molecule has 0 aliphatic rings. The molecule has 208 valence electrons. The number of rotatable bonds is 22. The van der Waals surface area contributed by atoms with Gasteiger partial charge >= 0.3 is 5.97 Å². The third-order valence-corrected chi connectivity index (χ3v) is 5.98. The second-order valence-corrected chi connectivity index (χ2v) is 9.31. The summed E-state index contributed by atoms with van der Waals surface area (Å²) in [7, 11) is 1.36. The van der Waals surface area contributed by atoms with Crippen molar-refractivity contribution in [3.63, 3.8) is 0 Å². The van der Waals surface area contributed by atoms with Crippen LogP contribution in [0.4, 0.5) is 0 Å². The summed E-state index contributed by atoms with van der Waals surface area (Å²) in [6, 6.07) is 3.28. The van der Waals surface area contributed by atoms with Crippen molar-refractivity contribution in [2.45, 2.75) is 117 Å². The van der Waals surface area contributed by atoms with Crippen molar-refractivity contribution in [2.24, 2.45) is 0 Å². The summed E-state index contributed by atoms with van der Waals surface area (Å²) in [5.74, 6) is 0.799. The Morgan fingerprint density at radius 3 is 1.41 bits per heavy atom. The van der Waals surface area contributed by atoms with Crippen molar-refractivity contribution in [3.05, 3.63) is 54.7 Å². The molecule has 1 rings (SSSR count). The number of allylic oxidation sites excluding steroid dienone is 3. The minimum atomic E-state index is -0.459. The summed E-state index contributed by atoms with van der Waals surface area (Å²) in [4.78, 5) is 12.3. The third-order valence-electron chi connectivity index (χ3n) is 5.98. The fraction of sp³-hybridized carbons (Fsp3) is 0.594. The van der Waals surface area contributed by atoms with Gasteiger partial charge in [-0.25, -0.2) is 4.79 Å². The first-order valence-corrected chi connectivity index (χ1v) is 14.4. The van der Waals surface area contributed by atoms with E-state index in [1.807, 2.05) is 18.2 Å². The maximum Gasteiger partial charge on any atom is 0.338 e. The number of unbranched alkanes of at least 4 members (excludes halogenated alkanes) is 12. The Bertz CT molecular complexity index is 764. The van der Waals surface area contributed by atoms with Crippen LogP contribution in [0.25, 0.3) is 0 Å². The summed E-state index contributed by atoms with van der Waals surface area (Å²) in [6.45, 7) is 6.62. The summed E-state index contributed by atoms with van der Waals surface area (Å²) >= 11 is 0. The minimum Gasteiger partial charge on any atom is -0.465 e. The quantitative estimate of drug-likeness (QED) is 0.0875. The second-order valence-electron chi connectivity index (χ2n) is 9.31. The van der Waals surface area contributed by atoms with Crippen molar-refractivity contribution >= 4 is 5.97 Å². The van der Waals surface area contributed by atoms with Crippen LogP contribution >= 0.6 is 0 Å². The van der Waals surface area contributed by atoms with Gasteiger partial charge in [0.1, 0.15) is 0 Å². The predicted octanol–water partition coefficient (Wildman–Crippen LogP) is 10.1. The number of benzene rings is 1. The van der Waals surface area contributed by atoms with Crippen LogP contribution in [0.2, 0.25) is 0 Å². The monoisotopic (exact) mass is 514 g/mol. The van der Waals surface area contributed by atoms with Gasteiger partial charge in [0.15, 0.2) is 11.5 Å². The van der Waals surface area contributed by atoms with E-state index < -0.39 is 5.97 Å². The molecule has 37 heavy (non-hydrogen) atoms. The van der Waals surface area contributed by atoms with Gasteiger partial charge in [-0.05, 0) is 68.9 Å². The van der Waals surface area contributed by atoms with E-state index in [-0.39, 0.29) is 0 Å². The Labute approximate surface area is 225 Å². The maximum atomic E-state index is 12.3. The van der Waals surface area contributed by atoms with Gasteiger partial charge in [-0.2, -0.15) is 0 Å². The van der Waals surface area contributed by atoms with Crippen LogP contribution in [0.5, 0.6) is 17.2 Å². The van der Waals surface area contributed by atoms with Gasteiger partial charge < -0.3 is 18.9 Å². The van der Waals surface area contributed by atoms with Crippen LogP contribution in [-0.2, 0) is 4.74 Å². The van der Waals surface area contributed by atoms with Gasteiger partial charge in [0.25, 0.3) is 0 Å². The Morgan fingerprint density at radius 2 is 1.03 bits per heavy atom. The molecule has 0 fully saturated rings. The van der Waals surface area contributed by atoms with Crippen LogP contribution in [0.3, 0.4) is 0 Å². The summed E-state index contributed by atoms with van der Waals surface area (Å²) in [5, 5.41) is 0. The van der Waals surface area contributed by atoms with Crippen molar-refractivity contribution in [1.82, 2.24) is 0 Å². The number of hydrogen-bond donors (Lipinski definition) is 0. The highest BCUT2D eigenvalue weighted by Gasteiger charge is 2.18. The molecule has 0 saturated heterocycles. The lowest BCUT2D eigenvalue weighted by atomic mass is 10.1. The largest absolute Gasteiger partial charge is 0.465 e. The van der Waals surface area contributed by atoms with E-state index in [1.54, 1.807) is 30.9 Å². The zero-order chi connectivity index (χ0) is 27.0. The molecule has 0 atom stereocenters. The van der Waals surface area contributed by atoms with Crippen molar-refractivity contribution in [2.75, 3.05) is 7.11 Å². The highest BCUT2D eigenvalue weighted by Crippen LogP contribution is 2.40. The lowest BCUT2D eigenvalue weighted by Gasteiger charge is -2.14. The number of esters is 1. The maximum absolute atomic E-state index is 12.3. The van der Waals surface area contributed by atoms with Gasteiger partial charge in [0.05, 0.1) is 31.5 Å². The minimum absolute atomic E-state index is 0.344. The number of carbonyl (C=O) groups is 1. The van der Waals surface area contributed by atoms with Gasteiger partial charge in [-0.1, -0.05) is 78.6 Å². The van der Waals surface area contributed by atoms with E-state index in [9.17, 15) is 4.79 Å². The standard InChI is InChI=1S/C32H50O5/c1-5-8-11-14-17-20-23-35-29-26-28(32(33)34-4)27-30(36-24-21-18-15-12-9-6-2)31(29)37-25-22-19-16-13-10-7-3/h20-27H,5-19H2,1-4H3. The predicted molar refractivity (Wildman–Crippen MR) is 153 cm³/mol. The average molecular weight is 515 g/mol. The SMILES string of the molecule is CCCCCCC=COc1cc(C(=O)OC)cc(OC=CCCCCCC)c1OC=CCCCCCC. The molecular weight excluding hydrogens is 464 g/mol. The van der Waals surface area contributed by atoms with Crippen LogP contribution in [-0.4, -0.2) is 13.1 Å². The zero-order valence-corrected chi connectivity index (χ0v) is 23.8. The Morgan fingerprint density at radius 1 is 0.622 bits per heavy atom. The molecule has 0 unspecified atom stereocenters. The van der Waals surface area contributed by atoms with Crippen molar-refractivity contribution in [3.8, 4) is 17.2 Å². The van der Waals surface area contributed by atoms with E-state index in [1.165, 1.54) is 64.9 Å². The first-order chi connectivity index (χ1) is 18.2. The molecule has 0 aromatic heterocycles. The lowest BCUT2D eigenvalue weighted by molar-refractivity contribution is 0.0600. The van der Waals surface area contributed by atoms with Crippen LogP contribution in [0.1, 0.15) is 127 Å². The Kier molecular flexibility index (Phi) is 19.7. The average Bonchev–Trinajstić information content (AvgIpc) is 2.91. The molecule has 0 N–H and O–H groups in total. The highest BCUT2D eigenvalue weighted by atomic mass is 16.5.